The first-order chi connectivity index (χ1) is 17.0. The predicted molar refractivity (Wildman–Crippen MR) is 134 cm³/mol. The van der Waals surface area contributed by atoms with Gasteiger partial charge in [-0.05, 0) is 43.2 Å². The molecule has 2 aliphatic heterocycles. The maximum atomic E-state index is 13.8. The van der Waals surface area contributed by atoms with E-state index in [4.69, 9.17) is 25.8 Å². The van der Waals surface area contributed by atoms with Crippen molar-refractivity contribution < 1.29 is 23.8 Å². The van der Waals surface area contributed by atoms with Crippen LogP contribution in [-0.4, -0.2) is 63.4 Å². The molecule has 8 nitrogen and oxygen atoms in total. The van der Waals surface area contributed by atoms with E-state index in [9.17, 15) is 9.59 Å². The van der Waals surface area contributed by atoms with Crippen LogP contribution in [0, 0.1) is 0 Å². The highest BCUT2D eigenvalue weighted by Crippen LogP contribution is 2.40. The Morgan fingerprint density at radius 1 is 1.14 bits per heavy atom. The van der Waals surface area contributed by atoms with Crippen LogP contribution in [0.2, 0.25) is 5.02 Å². The van der Waals surface area contributed by atoms with Crippen LogP contribution >= 0.6 is 11.6 Å². The zero-order valence-corrected chi connectivity index (χ0v) is 20.9. The summed E-state index contributed by atoms with van der Waals surface area (Å²) in [6.07, 6.45) is 1.76. The summed E-state index contributed by atoms with van der Waals surface area (Å²) in [5.74, 6) is 0.322. The molecule has 0 spiro atoms. The topological polar surface area (TPSA) is 80.3 Å². The maximum Gasteiger partial charge on any atom is 0.267 e. The molecule has 4 rings (SSSR count). The van der Waals surface area contributed by atoms with Gasteiger partial charge in [0, 0.05) is 36.8 Å². The molecule has 2 unspecified atom stereocenters. The number of carbonyl (C=O) groups excluding carboxylic acids is 2. The summed E-state index contributed by atoms with van der Waals surface area (Å²) >= 11 is 6.16. The Labute approximate surface area is 210 Å². The summed E-state index contributed by atoms with van der Waals surface area (Å²) in [6.45, 7) is 3.66. The van der Waals surface area contributed by atoms with Crippen molar-refractivity contribution in [3.8, 4) is 11.5 Å². The summed E-state index contributed by atoms with van der Waals surface area (Å²) < 4.78 is 16.7. The van der Waals surface area contributed by atoms with E-state index in [0.717, 1.165) is 12.0 Å². The second-order valence-electron chi connectivity index (χ2n) is 8.38. The number of amides is 2. The van der Waals surface area contributed by atoms with Crippen LogP contribution in [0.4, 0.5) is 5.69 Å². The number of hydrogen-bond donors (Lipinski definition) is 1. The summed E-state index contributed by atoms with van der Waals surface area (Å²) in [7, 11) is 3.06. The first-order valence-corrected chi connectivity index (χ1v) is 12.0. The maximum absolute atomic E-state index is 13.8. The highest BCUT2D eigenvalue weighted by Gasteiger charge is 2.40. The van der Waals surface area contributed by atoms with Gasteiger partial charge in [0.1, 0.15) is 28.9 Å². The standard InChI is InChI=1S/C26H30ClN3O5/c1-4-35-16-23-28-14-20(26(32)30(23)24-21(33-2)9-6-10-22(24)34-3)25(31)29-12-11-18(15-29)17-7-5-8-19(27)13-17/h5-10,13-14,18,23,28H,4,11-12,15-16H2,1-3H3. The van der Waals surface area contributed by atoms with Crippen molar-refractivity contribution in [1.29, 1.82) is 0 Å². The molecule has 0 saturated carbocycles. The van der Waals surface area contributed by atoms with Crippen LogP contribution in [0.15, 0.2) is 54.2 Å². The van der Waals surface area contributed by atoms with Gasteiger partial charge in [-0.15, -0.1) is 0 Å². The van der Waals surface area contributed by atoms with E-state index >= 15 is 0 Å². The quantitative estimate of drug-likeness (QED) is 0.559. The first-order valence-electron chi connectivity index (χ1n) is 11.6. The number of hydrogen-bond acceptors (Lipinski definition) is 6. The average Bonchev–Trinajstić information content (AvgIpc) is 3.37. The van der Waals surface area contributed by atoms with Crippen LogP contribution in [0.5, 0.6) is 11.5 Å². The summed E-state index contributed by atoms with van der Waals surface area (Å²) in [5.41, 5.74) is 1.58. The van der Waals surface area contributed by atoms with E-state index < -0.39 is 12.1 Å². The highest BCUT2D eigenvalue weighted by molar-refractivity contribution is 6.30. The highest BCUT2D eigenvalue weighted by atomic mass is 35.5. The molecule has 1 fully saturated rings. The molecular weight excluding hydrogens is 470 g/mol. The fourth-order valence-electron chi connectivity index (χ4n) is 4.57. The van der Waals surface area contributed by atoms with Gasteiger partial charge in [0.2, 0.25) is 0 Å². The molecule has 186 valence electrons. The van der Waals surface area contributed by atoms with E-state index in [1.54, 1.807) is 23.1 Å². The molecule has 0 aromatic heterocycles. The second kappa shape index (κ2) is 11.0. The second-order valence-corrected chi connectivity index (χ2v) is 8.81. The number of likely N-dealkylation sites (tertiary alicyclic amines) is 1. The molecule has 0 radical (unpaired) electrons. The number of ether oxygens (including phenoxy) is 3. The van der Waals surface area contributed by atoms with Gasteiger partial charge in [0.15, 0.2) is 0 Å². The summed E-state index contributed by atoms with van der Waals surface area (Å²) in [5, 5.41) is 3.85. The SMILES string of the molecule is CCOCC1NC=C(C(=O)N2CCC(c3cccc(Cl)c3)C2)C(=O)N1c1c(OC)cccc1OC. The molecular formula is C26H30ClN3O5. The molecule has 2 aromatic rings. The summed E-state index contributed by atoms with van der Waals surface area (Å²) in [6, 6.07) is 13.0. The van der Waals surface area contributed by atoms with Crippen molar-refractivity contribution in [3.63, 3.8) is 0 Å². The molecule has 2 amide bonds. The third-order valence-corrected chi connectivity index (χ3v) is 6.56. The Bertz CT molecular complexity index is 1100. The van der Waals surface area contributed by atoms with Crippen LogP contribution in [0.25, 0.3) is 0 Å². The lowest BCUT2D eigenvalue weighted by Gasteiger charge is -2.37. The number of anilines is 1. The number of rotatable bonds is 8. The first kappa shape index (κ1) is 24.9. The van der Waals surface area contributed by atoms with Gasteiger partial charge in [-0.3, -0.25) is 14.5 Å². The lowest BCUT2D eigenvalue weighted by Crippen LogP contribution is -2.56. The fraction of sp³-hybridized carbons (Fsp3) is 0.385. The molecule has 2 atom stereocenters. The minimum absolute atomic E-state index is 0.0532. The zero-order chi connectivity index (χ0) is 24.9. The Balaban J connectivity index is 1.62. The van der Waals surface area contributed by atoms with Crippen molar-refractivity contribution in [3.05, 3.63) is 64.8 Å². The molecule has 35 heavy (non-hydrogen) atoms. The average molecular weight is 500 g/mol. The van der Waals surface area contributed by atoms with Crippen molar-refractivity contribution in [2.24, 2.45) is 0 Å². The number of halogens is 1. The number of methoxy groups -OCH3 is 2. The third kappa shape index (κ3) is 5.09. The molecule has 9 heteroatoms. The lowest BCUT2D eigenvalue weighted by molar-refractivity contribution is -0.129. The van der Waals surface area contributed by atoms with Crippen LogP contribution in [0.3, 0.4) is 0 Å². The number of nitrogens with zero attached hydrogens (tertiary/aromatic N) is 2. The van der Waals surface area contributed by atoms with Crippen LogP contribution in [0.1, 0.15) is 24.8 Å². The van der Waals surface area contributed by atoms with Gasteiger partial charge in [-0.2, -0.15) is 0 Å². The third-order valence-electron chi connectivity index (χ3n) is 6.33. The molecule has 1 N–H and O–H groups in total. The summed E-state index contributed by atoms with van der Waals surface area (Å²) in [4.78, 5) is 30.5. The molecule has 2 aliphatic rings. The Morgan fingerprint density at radius 3 is 2.51 bits per heavy atom. The van der Waals surface area contributed by atoms with E-state index in [1.165, 1.54) is 25.3 Å². The van der Waals surface area contributed by atoms with Crippen molar-refractivity contribution in [2.75, 3.05) is 45.4 Å². The molecule has 2 aromatic carbocycles. The van der Waals surface area contributed by atoms with Crippen molar-refractivity contribution in [1.82, 2.24) is 10.2 Å². The smallest absolute Gasteiger partial charge is 0.267 e. The van der Waals surface area contributed by atoms with Crippen LogP contribution in [-0.2, 0) is 14.3 Å². The largest absolute Gasteiger partial charge is 0.494 e. The molecule has 0 aliphatic carbocycles. The number of nitrogens with one attached hydrogen (secondary N) is 1. The minimum atomic E-state index is -0.540. The molecule has 0 bridgehead atoms. The van der Waals surface area contributed by atoms with E-state index in [0.29, 0.717) is 41.9 Å². The minimum Gasteiger partial charge on any atom is -0.494 e. The van der Waals surface area contributed by atoms with E-state index in [1.807, 2.05) is 31.2 Å². The Hall–Kier alpha value is -3.23. The molecule has 1 saturated heterocycles. The Kier molecular flexibility index (Phi) is 7.83. The normalized spacial score (nSPS) is 19.9. The lowest BCUT2D eigenvalue weighted by atomic mass is 9.99. The number of benzene rings is 2. The monoisotopic (exact) mass is 499 g/mol. The number of para-hydroxylation sites is 1. The number of carbonyl (C=O) groups is 2. The fourth-order valence-corrected chi connectivity index (χ4v) is 4.77. The zero-order valence-electron chi connectivity index (χ0n) is 20.1. The van der Waals surface area contributed by atoms with Gasteiger partial charge >= 0.3 is 0 Å². The van der Waals surface area contributed by atoms with Crippen molar-refractivity contribution >= 4 is 29.1 Å². The van der Waals surface area contributed by atoms with Crippen molar-refractivity contribution in [2.45, 2.75) is 25.4 Å². The van der Waals surface area contributed by atoms with Gasteiger partial charge in [-0.1, -0.05) is 29.8 Å². The van der Waals surface area contributed by atoms with Gasteiger partial charge in [-0.25, -0.2) is 0 Å². The van der Waals surface area contributed by atoms with Gasteiger partial charge in [0.05, 0.1) is 20.8 Å². The van der Waals surface area contributed by atoms with Gasteiger partial charge < -0.3 is 24.4 Å². The van der Waals surface area contributed by atoms with Gasteiger partial charge in [0.25, 0.3) is 11.8 Å². The van der Waals surface area contributed by atoms with E-state index in [2.05, 4.69) is 5.32 Å². The Morgan fingerprint density at radius 2 is 1.86 bits per heavy atom. The van der Waals surface area contributed by atoms with E-state index in [-0.39, 0.29) is 24.0 Å². The predicted octanol–water partition coefficient (Wildman–Crippen LogP) is 3.56. The van der Waals surface area contributed by atoms with Crippen LogP contribution < -0.4 is 19.7 Å². The molecule has 2 heterocycles.